The number of aromatic nitrogens is 5. The molecular formula is C11H17N7. The van der Waals surface area contributed by atoms with E-state index in [4.69, 9.17) is 5.73 Å². The van der Waals surface area contributed by atoms with E-state index in [0.29, 0.717) is 17.6 Å². The third-order valence-electron chi connectivity index (χ3n) is 3.70. The maximum atomic E-state index is 6.12. The van der Waals surface area contributed by atoms with Crippen LogP contribution in [0.25, 0.3) is 5.65 Å². The van der Waals surface area contributed by atoms with Gasteiger partial charge in [0, 0.05) is 19.1 Å². The second kappa shape index (κ2) is 4.49. The molecule has 1 aliphatic rings. The van der Waals surface area contributed by atoms with Crippen molar-refractivity contribution in [1.29, 1.82) is 0 Å². The van der Waals surface area contributed by atoms with Gasteiger partial charge in [0.15, 0.2) is 11.5 Å². The maximum Gasteiger partial charge on any atom is 0.200 e. The minimum atomic E-state index is 0.308. The van der Waals surface area contributed by atoms with Gasteiger partial charge in [0.25, 0.3) is 0 Å². The van der Waals surface area contributed by atoms with Crippen molar-refractivity contribution >= 4 is 11.5 Å². The second-order valence-corrected chi connectivity index (χ2v) is 4.78. The van der Waals surface area contributed by atoms with Gasteiger partial charge < -0.3 is 10.6 Å². The molecule has 2 aromatic heterocycles. The van der Waals surface area contributed by atoms with Gasteiger partial charge >= 0.3 is 0 Å². The van der Waals surface area contributed by atoms with Gasteiger partial charge in [-0.1, -0.05) is 13.3 Å². The van der Waals surface area contributed by atoms with Gasteiger partial charge in [-0.3, -0.25) is 0 Å². The lowest BCUT2D eigenvalue weighted by Gasteiger charge is -2.36. The Bertz CT molecular complexity index is 537. The Morgan fingerprint density at radius 2 is 2.33 bits per heavy atom. The van der Waals surface area contributed by atoms with E-state index >= 15 is 0 Å². The first-order valence-corrected chi connectivity index (χ1v) is 6.34. The van der Waals surface area contributed by atoms with Crippen LogP contribution in [0.2, 0.25) is 0 Å². The number of nitrogens with zero attached hydrogens (tertiary/aromatic N) is 6. The molecular weight excluding hydrogens is 230 g/mol. The number of tetrazole rings is 1. The predicted octanol–water partition coefficient (Wildman–Crippen LogP) is 0.0829. The fourth-order valence-corrected chi connectivity index (χ4v) is 2.50. The number of anilines is 1. The molecule has 2 unspecified atom stereocenters. The largest absolute Gasteiger partial charge is 0.355 e. The molecule has 96 valence electrons. The van der Waals surface area contributed by atoms with Crippen LogP contribution in [0, 0.1) is 5.92 Å². The summed E-state index contributed by atoms with van der Waals surface area (Å²) in [6.45, 7) is 4.09. The Labute approximate surface area is 105 Å². The molecule has 3 rings (SSSR count). The highest BCUT2D eigenvalue weighted by molar-refractivity contribution is 5.44. The number of fused-ring (bicyclic) bond motifs is 1. The lowest BCUT2D eigenvalue weighted by atomic mass is 9.91. The molecule has 0 bridgehead atoms. The highest BCUT2D eigenvalue weighted by atomic mass is 15.6. The van der Waals surface area contributed by atoms with Gasteiger partial charge in [-0.15, -0.1) is 14.8 Å². The van der Waals surface area contributed by atoms with E-state index in [1.54, 1.807) is 0 Å². The van der Waals surface area contributed by atoms with Crippen molar-refractivity contribution in [1.82, 2.24) is 25.3 Å². The predicted molar refractivity (Wildman–Crippen MR) is 67.2 cm³/mol. The topological polar surface area (TPSA) is 85.2 Å². The molecule has 0 amide bonds. The summed E-state index contributed by atoms with van der Waals surface area (Å²) in [6.07, 6.45) is 2.11. The van der Waals surface area contributed by atoms with Crippen LogP contribution in [0.3, 0.4) is 0 Å². The van der Waals surface area contributed by atoms with Crippen LogP contribution in [-0.4, -0.2) is 44.4 Å². The van der Waals surface area contributed by atoms with E-state index < -0.39 is 0 Å². The Hall–Kier alpha value is -1.76. The third-order valence-corrected chi connectivity index (χ3v) is 3.70. The molecule has 0 aliphatic carbocycles. The molecule has 0 saturated carbocycles. The van der Waals surface area contributed by atoms with Gasteiger partial charge in [-0.25, -0.2) is 0 Å². The van der Waals surface area contributed by atoms with Gasteiger partial charge in [-0.2, -0.15) is 0 Å². The monoisotopic (exact) mass is 247 g/mol. The van der Waals surface area contributed by atoms with Crippen LogP contribution < -0.4 is 10.6 Å². The lowest BCUT2D eigenvalue weighted by molar-refractivity contribution is 0.346. The first-order chi connectivity index (χ1) is 8.78. The normalized spacial score (nSPS) is 24.7. The van der Waals surface area contributed by atoms with Gasteiger partial charge in [0.2, 0.25) is 0 Å². The molecule has 0 spiro atoms. The van der Waals surface area contributed by atoms with Crippen LogP contribution in [0.4, 0.5) is 5.82 Å². The molecule has 7 nitrogen and oxygen atoms in total. The highest BCUT2D eigenvalue weighted by Gasteiger charge is 2.26. The van der Waals surface area contributed by atoms with Crippen LogP contribution >= 0.6 is 0 Å². The first kappa shape index (κ1) is 11.3. The Morgan fingerprint density at radius 3 is 3.17 bits per heavy atom. The molecule has 0 aromatic carbocycles. The molecule has 1 saturated heterocycles. The standard InChI is InChI=1S/C11H17N7/c1-2-8-7-17(6-5-9(8)12)11-4-3-10-13-15-16-18(10)14-11/h3-4,8-9H,2,5-7,12H2,1H3. The van der Waals surface area contributed by atoms with E-state index in [1.165, 1.54) is 4.63 Å². The summed E-state index contributed by atoms with van der Waals surface area (Å²) >= 11 is 0. The van der Waals surface area contributed by atoms with Crippen molar-refractivity contribution in [2.75, 3.05) is 18.0 Å². The fraction of sp³-hybridized carbons (Fsp3) is 0.636. The fourth-order valence-electron chi connectivity index (χ4n) is 2.50. The summed E-state index contributed by atoms with van der Waals surface area (Å²) in [5.41, 5.74) is 6.79. The van der Waals surface area contributed by atoms with Gasteiger partial charge in [0.05, 0.1) is 0 Å². The molecule has 1 fully saturated rings. The van der Waals surface area contributed by atoms with E-state index in [9.17, 15) is 0 Å². The minimum Gasteiger partial charge on any atom is -0.355 e. The first-order valence-electron chi connectivity index (χ1n) is 6.34. The molecule has 18 heavy (non-hydrogen) atoms. The number of nitrogens with two attached hydrogens (primary N) is 1. The van der Waals surface area contributed by atoms with E-state index in [2.05, 4.69) is 32.4 Å². The minimum absolute atomic E-state index is 0.308. The summed E-state index contributed by atoms with van der Waals surface area (Å²) in [4.78, 5) is 2.26. The second-order valence-electron chi connectivity index (χ2n) is 4.78. The Balaban J connectivity index is 1.85. The SMILES string of the molecule is CCC1CN(c2ccc3nnnn3n2)CCC1N. The van der Waals surface area contributed by atoms with E-state index in [-0.39, 0.29) is 0 Å². The van der Waals surface area contributed by atoms with Crippen molar-refractivity contribution < 1.29 is 0 Å². The molecule has 0 radical (unpaired) electrons. The van der Waals surface area contributed by atoms with Gasteiger partial charge in [-0.05, 0) is 34.9 Å². The van der Waals surface area contributed by atoms with Crippen molar-refractivity contribution in [2.45, 2.75) is 25.8 Å². The summed E-state index contributed by atoms with van der Waals surface area (Å²) in [7, 11) is 0. The quantitative estimate of drug-likeness (QED) is 0.809. The summed E-state index contributed by atoms with van der Waals surface area (Å²) in [5, 5.41) is 15.7. The summed E-state index contributed by atoms with van der Waals surface area (Å²) < 4.78 is 1.46. The Morgan fingerprint density at radius 1 is 1.44 bits per heavy atom. The maximum absolute atomic E-state index is 6.12. The van der Waals surface area contributed by atoms with Crippen molar-refractivity contribution in [2.24, 2.45) is 11.7 Å². The Kier molecular flexibility index (Phi) is 2.83. The number of hydrogen-bond donors (Lipinski definition) is 1. The average Bonchev–Trinajstić information content (AvgIpc) is 2.86. The van der Waals surface area contributed by atoms with Crippen LogP contribution in [0.5, 0.6) is 0 Å². The van der Waals surface area contributed by atoms with E-state index in [1.807, 2.05) is 12.1 Å². The molecule has 7 heteroatoms. The lowest BCUT2D eigenvalue weighted by Crippen LogP contribution is -2.47. The highest BCUT2D eigenvalue weighted by Crippen LogP contribution is 2.22. The number of hydrogen-bond acceptors (Lipinski definition) is 6. The van der Waals surface area contributed by atoms with Crippen LogP contribution in [-0.2, 0) is 0 Å². The summed E-state index contributed by atoms with van der Waals surface area (Å²) in [6, 6.07) is 4.16. The number of piperidine rings is 1. The molecule has 3 heterocycles. The zero-order valence-electron chi connectivity index (χ0n) is 10.4. The molecule has 2 N–H and O–H groups in total. The molecule has 2 aromatic rings. The van der Waals surface area contributed by atoms with Crippen molar-refractivity contribution in [3.8, 4) is 0 Å². The molecule has 1 aliphatic heterocycles. The van der Waals surface area contributed by atoms with Crippen molar-refractivity contribution in [3.63, 3.8) is 0 Å². The zero-order chi connectivity index (χ0) is 12.5. The van der Waals surface area contributed by atoms with Crippen LogP contribution in [0.15, 0.2) is 12.1 Å². The smallest absolute Gasteiger partial charge is 0.200 e. The summed E-state index contributed by atoms with van der Waals surface area (Å²) in [5.74, 6) is 1.45. The van der Waals surface area contributed by atoms with E-state index in [0.717, 1.165) is 31.7 Å². The van der Waals surface area contributed by atoms with Gasteiger partial charge in [0.1, 0.15) is 0 Å². The van der Waals surface area contributed by atoms with Crippen LogP contribution in [0.1, 0.15) is 19.8 Å². The average molecular weight is 247 g/mol. The number of rotatable bonds is 2. The van der Waals surface area contributed by atoms with Crippen molar-refractivity contribution in [3.05, 3.63) is 12.1 Å². The zero-order valence-corrected chi connectivity index (χ0v) is 10.4. The third kappa shape index (κ3) is 1.90. The molecule has 2 atom stereocenters.